The van der Waals surface area contributed by atoms with Crippen LogP contribution in [0.2, 0.25) is 0 Å². The maximum Gasteiger partial charge on any atom is 0.137 e. The van der Waals surface area contributed by atoms with Crippen LogP contribution in [0.15, 0.2) is 22.7 Å². The molecule has 0 radical (unpaired) electrons. The molecule has 94 valence electrons. The molecule has 1 fully saturated rings. The van der Waals surface area contributed by atoms with Gasteiger partial charge in [-0.25, -0.2) is 4.39 Å². The predicted molar refractivity (Wildman–Crippen MR) is 69.2 cm³/mol. The standard InChI is InChI=1S/C13H17BrFNO/c1-2-6-13(17)8-16(9-13)7-10-4-3-5-11(15)12(10)14/h3-5,17H,2,6-9H2,1H3. The first kappa shape index (κ1) is 13.0. The Bertz CT molecular complexity index is 404. The summed E-state index contributed by atoms with van der Waals surface area (Å²) in [5.74, 6) is -0.230. The first-order chi connectivity index (χ1) is 8.04. The molecule has 0 atom stereocenters. The lowest BCUT2D eigenvalue weighted by Crippen LogP contribution is -2.60. The highest BCUT2D eigenvalue weighted by atomic mass is 79.9. The first-order valence-corrected chi connectivity index (χ1v) is 6.71. The van der Waals surface area contributed by atoms with E-state index in [9.17, 15) is 9.50 Å². The normalized spacial score (nSPS) is 19.1. The van der Waals surface area contributed by atoms with Crippen molar-refractivity contribution in [1.29, 1.82) is 0 Å². The summed E-state index contributed by atoms with van der Waals surface area (Å²) >= 11 is 3.26. The number of likely N-dealkylation sites (tertiary alicyclic amines) is 1. The highest BCUT2D eigenvalue weighted by Crippen LogP contribution is 2.29. The molecule has 0 amide bonds. The van der Waals surface area contributed by atoms with Crippen LogP contribution in [0.1, 0.15) is 25.3 Å². The van der Waals surface area contributed by atoms with Gasteiger partial charge in [0.25, 0.3) is 0 Å². The number of benzene rings is 1. The molecule has 1 saturated heterocycles. The molecule has 0 spiro atoms. The molecule has 1 aromatic carbocycles. The van der Waals surface area contributed by atoms with Crippen LogP contribution in [-0.4, -0.2) is 28.7 Å². The van der Waals surface area contributed by atoms with Gasteiger partial charge in [-0.2, -0.15) is 0 Å². The molecule has 0 aliphatic carbocycles. The van der Waals surface area contributed by atoms with E-state index in [1.807, 2.05) is 6.07 Å². The summed E-state index contributed by atoms with van der Waals surface area (Å²) in [5, 5.41) is 10.1. The van der Waals surface area contributed by atoms with Crippen molar-refractivity contribution in [3.05, 3.63) is 34.1 Å². The fourth-order valence-corrected chi connectivity index (χ4v) is 2.82. The second-order valence-corrected chi connectivity index (χ2v) is 5.63. The van der Waals surface area contributed by atoms with E-state index in [1.54, 1.807) is 6.07 Å². The quantitative estimate of drug-likeness (QED) is 0.924. The Morgan fingerprint density at radius 3 is 2.82 bits per heavy atom. The van der Waals surface area contributed by atoms with Crippen molar-refractivity contribution < 1.29 is 9.50 Å². The zero-order chi connectivity index (χ0) is 12.5. The van der Waals surface area contributed by atoms with Gasteiger partial charge in [0, 0.05) is 19.6 Å². The van der Waals surface area contributed by atoms with Crippen molar-refractivity contribution in [2.24, 2.45) is 0 Å². The van der Waals surface area contributed by atoms with Gasteiger partial charge in [0.1, 0.15) is 5.82 Å². The van der Waals surface area contributed by atoms with Crippen molar-refractivity contribution >= 4 is 15.9 Å². The second-order valence-electron chi connectivity index (χ2n) is 4.83. The van der Waals surface area contributed by atoms with Crippen LogP contribution in [-0.2, 0) is 6.54 Å². The van der Waals surface area contributed by atoms with Crippen LogP contribution in [0.25, 0.3) is 0 Å². The van der Waals surface area contributed by atoms with E-state index in [-0.39, 0.29) is 5.82 Å². The number of rotatable bonds is 4. The number of hydrogen-bond donors (Lipinski definition) is 1. The zero-order valence-corrected chi connectivity index (χ0v) is 11.5. The summed E-state index contributed by atoms with van der Waals surface area (Å²) in [4.78, 5) is 2.13. The van der Waals surface area contributed by atoms with Crippen molar-refractivity contribution in [3.8, 4) is 0 Å². The second kappa shape index (κ2) is 5.04. The summed E-state index contributed by atoms with van der Waals surface area (Å²) in [6.07, 6.45) is 1.84. The molecule has 2 rings (SSSR count). The Morgan fingerprint density at radius 1 is 1.47 bits per heavy atom. The maximum atomic E-state index is 13.3. The van der Waals surface area contributed by atoms with E-state index in [1.165, 1.54) is 6.07 Å². The minimum atomic E-state index is -0.519. The molecule has 0 bridgehead atoms. The summed E-state index contributed by atoms with van der Waals surface area (Å²) < 4.78 is 13.8. The van der Waals surface area contributed by atoms with Crippen LogP contribution in [0.3, 0.4) is 0 Å². The minimum absolute atomic E-state index is 0.230. The third kappa shape index (κ3) is 2.87. The van der Waals surface area contributed by atoms with Gasteiger partial charge in [0.15, 0.2) is 0 Å². The monoisotopic (exact) mass is 301 g/mol. The van der Waals surface area contributed by atoms with Gasteiger partial charge >= 0.3 is 0 Å². The summed E-state index contributed by atoms with van der Waals surface area (Å²) in [5.41, 5.74) is 0.415. The number of halogens is 2. The smallest absolute Gasteiger partial charge is 0.137 e. The van der Waals surface area contributed by atoms with Gasteiger partial charge in [-0.05, 0) is 34.0 Å². The Labute approximate surface area is 110 Å². The molecule has 1 aromatic rings. The highest BCUT2D eigenvalue weighted by molar-refractivity contribution is 9.10. The van der Waals surface area contributed by atoms with Crippen molar-refractivity contribution in [1.82, 2.24) is 4.90 Å². The summed E-state index contributed by atoms with van der Waals surface area (Å²) in [7, 11) is 0. The highest BCUT2D eigenvalue weighted by Gasteiger charge is 2.39. The van der Waals surface area contributed by atoms with Crippen molar-refractivity contribution in [2.45, 2.75) is 31.9 Å². The topological polar surface area (TPSA) is 23.5 Å². The molecule has 1 heterocycles. The summed E-state index contributed by atoms with van der Waals surface area (Å²) in [6, 6.07) is 5.06. The van der Waals surface area contributed by atoms with Crippen LogP contribution >= 0.6 is 15.9 Å². The van der Waals surface area contributed by atoms with Gasteiger partial charge in [-0.1, -0.05) is 25.5 Å². The lowest BCUT2D eigenvalue weighted by Gasteiger charge is -2.46. The lowest BCUT2D eigenvalue weighted by atomic mass is 9.89. The Morgan fingerprint density at radius 2 is 2.18 bits per heavy atom. The van der Waals surface area contributed by atoms with Crippen LogP contribution < -0.4 is 0 Å². The van der Waals surface area contributed by atoms with E-state index >= 15 is 0 Å². The van der Waals surface area contributed by atoms with Gasteiger partial charge in [-0.3, -0.25) is 4.90 Å². The third-order valence-corrected chi connectivity index (χ3v) is 4.06. The van der Waals surface area contributed by atoms with Crippen LogP contribution in [0.5, 0.6) is 0 Å². The predicted octanol–water partition coefficient (Wildman–Crippen LogP) is 2.94. The summed E-state index contributed by atoms with van der Waals surface area (Å²) in [6.45, 7) is 4.13. The van der Waals surface area contributed by atoms with Gasteiger partial charge < -0.3 is 5.11 Å². The van der Waals surface area contributed by atoms with Crippen molar-refractivity contribution in [3.63, 3.8) is 0 Å². The number of nitrogens with zero attached hydrogens (tertiary/aromatic N) is 1. The van der Waals surface area contributed by atoms with Crippen LogP contribution in [0, 0.1) is 5.82 Å². The molecule has 0 saturated carbocycles. The molecule has 1 N–H and O–H groups in total. The van der Waals surface area contributed by atoms with E-state index in [4.69, 9.17) is 0 Å². The number of aliphatic hydroxyl groups is 1. The largest absolute Gasteiger partial charge is 0.387 e. The molecule has 2 nitrogen and oxygen atoms in total. The molecular formula is C13H17BrFNO. The molecule has 0 aromatic heterocycles. The van der Waals surface area contributed by atoms with Gasteiger partial charge in [-0.15, -0.1) is 0 Å². The Balaban J connectivity index is 1.94. The lowest BCUT2D eigenvalue weighted by molar-refractivity contribution is -0.106. The van der Waals surface area contributed by atoms with Crippen LogP contribution in [0.4, 0.5) is 4.39 Å². The Kier molecular flexibility index (Phi) is 3.85. The molecule has 17 heavy (non-hydrogen) atoms. The van der Waals surface area contributed by atoms with E-state index in [0.717, 1.165) is 18.4 Å². The average Bonchev–Trinajstić information content (AvgIpc) is 2.23. The molecule has 1 aliphatic heterocycles. The Hall–Kier alpha value is -0.450. The number of hydrogen-bond acceptors (Lipinski definition) is 2. The zero-order valence-electron chi connectivity index (χ0n) is 9.92. The molecule has 4 heteroatoms. The molecular weight excluding hydrogens is 285 g/mol. The van der Waals surface area contributed by atoms with Gasteiger partial charge in [0.05, 0.1) is 10.1 Å². The SMILES string of the molecule is CCCC1(O)CN(Cc2cccc(F)c2Br)C1. The van der Waals surface area contributed by atoms with E-state index < -0.39 is 5.60 Å². The van der Waals surface area contributed by atoms with Gasteiger partial charge in [0.2, 0.25) is 0 Å². The van der Waals surface area contributed by atoms with Crippen molar-refractivity contribution in [2.75, 3.05) is 13.1 Å². The fourth-order valence-electron chi connectivity index (χ4n) is 2.43. The fraction of sp³-hybridized carbons (Fsp3) is 0.538. The minimum Gasteiger partial charge on any atom is -0.387 e. The third-order valence-electron chi connectivity index (χ3n) is 3.18. The number of β-amino-alcohol motifs (C(OH)–C–C–N with tert-alkyl or cyclic N) is 1. The average molecular weight is 302 g/mol. The first-order valence-electron chi connectivity index (χ1n) is 5.92. The molecule has 1 aliphatic rings. The van der Waals surface area contributed by atoms with E-state index in [2.05, 4.69) is 27.8 Å². The molecule has 0 unspecified atom stereocenters. The maximum absolute atomic E-state index is 13.3. The van der Waals surface area contributed by atoms with E-state index in [0.29, 0.717) is 24.1 Å².